The lowest BCUT2D eigenvalue weighted by atomic mass is 10.1. The second-order valence-corrected chi connectivity index (χ2v) is 8.78. The average molecular weight is 526 g/mol. The van der Waals surface area contributed by atoms with Crippen molar-refractivity contribution >= 4 is 34.5 Å². The van der Waals surface area contributed by atoms with E-state index in [1.54, 1.807) is 29.2 Å². The zero-order chi connectivity index (χ0) is 21.8. The largest absolute Gasteiger partial charge is 0.483 e. The van der Waals surface area contributed by atoms with Gasteiger partial charge in [-0.2, -0.15) is 0 Å². The van der Waals surface area contributed by atoms with Gasteiger partial charge in [0.2, 0.25) is 0 Å². The second kappa shape index (κ2) is 9.74. The average Bonchev–Trinajstić information content (AvgIpc) is 2.70. The summed E-state index contributed by atoms with van der Waals surface area (Å²) in [7, 11) is 0. The molecule has 6 nitrogen and oxygen atoms in total. The molecule has 1 fully saturated rings. The van der Waals surface area contributed by atoms with Gasteiger partial charge in [-0.1, -0.05) is 12.1 Å². The Bertz CT molecular complexity index is 922. The molecule has 1 aliphatic heterocycles. The monoisotopic (exact) mass is 526 g/mol. The summed E-state index contributed by atoms with van der Waals surface area (Å²) in [4.78, 5) is 28.2. The Labute approximate surface area is 188 Å². The minimum atomic E-state index is -1.09. The molecule has 1 amide bonds. The summed E-state index contributed by atoms with van der Waals surface area (Å²) >= 11 is 2.03. The maximum Gasteiger partial charge on any atom is 0.339 e. The van der Waals surface area contributed by atoms with Gasteiger partial charge in [-0.3, -0.25) is 9.69 Å². The van der Waals surface area contributed by atoms with Gasteiger partial charge in [0, 0.05) is 35.3 Å². The van der Waals surface area contributed by atoms with Crippen molar-refractivity contribution < 1.29 is 23.8 Å². The maximum absolute atomic E-state index is 13.1. The molecule has 0 aromatic heterocycles. The number of aromatic carboxylic acids is 1. The van der Waals surface area contributed by atoms with Crippen molar-refractivity contribution in [3.8, 4) is 5.75 Å². The molecule has 0 saturated carbocycles. The molecule has 8 heteroatoms. The smallest absolute Gasteiger partial charge is 0.339 e. The Hall–Kier alpha value is -2.20. The van der Waals surface area contributed by atoms with Crippen LogP contribution >= 0.6 is 22.6 Å². The molecular weight excluding hydrogens is 502 g/mol. The van der Waals surface area contributed by atoms with Crippen LogP contribution in [0.4, 0.5) is 4.39 Å². The summed E-state index contributed by atoms with van der Waals surface area (Å²) in [5.41, 5.74) is 1.07. The van der Waals surface area contributed by atoms with Crippen LogP contribution in [0.25, 0.3) is 0 Å². The fraction of sp³-hybridized carbons (Fsp3) is 0.364. The van der Waals surface area contributed by atoms with Crippen molar-refractivity contribution in [2.75, 3.05) is 19.7 Å². The molecule has 2 aromatic carbocycles. The molecule has 1 aliphatic rings. The normalized spacial score (nSPS) is 19.5. The molecule has 0 bridgehead atoms. The number of carbonyl (C=O) groups is 2. The number of ether oxygens (including phenoxy) is 1. The number of rotatable bonds is 6. The number of benzene rings is 2. The van der Waals surface area contributed by atoms with Gasteiger partial charge in [0.05, 0.1) is 0 Å². The van der Waals surface area contributed by atoms with Gasteiger partial charge in [0.1, 0.15) is 17.1 Å². The molecular formula is C22H24FIN2O4. The molecule has 0 spiro atoms. The molecule has 2 atom stereocenters. The van der Waals surface area contributed by atoms with E-state index >= 15 is 0 Å². The molecule has 160 valence electrons. The van der Waals surface area contributed by atoms with E-state index in [4.69, 9.17) is 4.74 Å². The van der Waals surface area contributed by atoms with Crippen LogP contribution < -0.4 is 4.74 Å². The summed E-state index contributed by atoms with van der Waals surface area (Å²) in [5.74, 6) is -1.33. The maximum atomic E-state index is 13.1. The molecule has 0 radical (unpaired) electrons. The minimum absolute atomic E-state index is 0.0200. The standard InChI is InChI=1S/C22H24FIN2O4/c1-14-11-26(15(2)10-25(14)12-16-3-5-17(23)6-4-16)21(27)13-30-20-8-7-18(24)9-19(20)22(28)29/h3-9,14-15H,10-13H2,1-2H3,(H,28,29). The molecule has 30 heavy (non-hydrogen) atoms. The van der Waals surface area contributed by atoms with Crippen LogP contribution in [-0.2, 0) is 11.3 Å². The van der Waals surface area contributed by atoms with Crippen molar-refractivity contribution in [1.82, 2.24) is 9.80 Å². The van der Waals surface area contributed by atoms with Crippen molar-refractivity contribution in [3.05, 3.63) is 63.0 Å². The zero-order valence-electron chi connectivity index (χ0n) is 16.8. The van der Waals surface area contributed by atoms with E-state index in [-0.39, 0.29) is 41.7 Å². The number of carbonyl (C=O) groups excluding carboxylic acids is 1. The first kappa shape index (κ1) is 22.5. The quantitative estimate of drug-likeness (QED) is 0.583. The van der Waals surface area contributed by atoms with E-state index in [2.05, 4.69) is 11.8 Å². The number of hydrogen-bond acceptors (Lipinski definition) is 4. The van der Waals surface area contributed by atoms with Crippen LogP contribution in [0.1, 0.15) is 29.8 Å². The Morgan fingerprint density at radius 3 is 2.50 bits per heavy atom. The van der Waals surface area contributed by atoms with E-state index in [0.717, 1.165) is 9.13 Å². The number of nitrogens with zero attached hydrogens (tertiary/aromatic N) is 2. The Kier molecular flexibility index (Phi) is 7.30. The molecule has 0 aliphatic carbocycles. The van der Waals surface area contributed by atoms with E-state index in [1.807, 2.05) is 29.5 Å². The van der Waals surface area contributed by atoms with Crippen molar-refractivity contribution in [2.45, 2.75) is 32.5 Å². The molecule has 1 N–H and O–H groups in total. The highest BCUT2D eigenvalue weighted by atomic mass is 127. The van der Waals surface area contributed by atoms with E-state index < -0.39 is 5.97 Å². The summed E-state index contributed by atoms with van der Waals surface area (Å²) in [6.07, 6.45) is 0. The third kappa shape index (κ3) is 5.48. The van der Waals surface area contributed by atoms with Crippen LogP contribution in [0.5, 0.6) is 5.75 Å². The molecule has 2 unspecified atom stereocenters. The van der Waals surface area contributed by atoms with Crippen LogP contribution in [0, 0.1) is 9.39 Å². The Morgan fingerprint density at radius 1 is 1.13 bits per heavy atom. The third-order valence-corrected chi connectivity index (χ3v) is 5.93. The lowest BCUT2D eigenvalue weighted by Crippen LogP contribution is -2.58. The van der Waals surface area contributed by atoms with Crippen LogP contribution in [-0.4, -0.2) is 58.6 Å². The Morgan fingerprint density at radius 2 is 1.83 bits per heavy atom. The predicted octanol–water partition coefficient (Wildman–Crippen LogP) is 3.63. The third-order valence-electron chi connectivity index (χ3n) is 5.26. The fourth-order valence-electron chi connectivity index (χ4n) is 3.61. The predicted molar refractivity (Wildman–Crippen MR) is 119 cm³/mol. The van der Waals surface area contributed by atoms with Gasteiger partial charge in [-0.25, -0.2) is 9.18 Å². The highest BCUT2D eigenvalue weighted by molar-refractivity contribution is 14.1. The summed E-state index contributed by atoms with van der Waals surface area (Å²) < 4.78 is 19.5. The minimum Gasteiger partial charge on any atom is -0.483 e. The van der Waals surface area contributed by atoms with Gasteiger partial charge in [-0.05, 0) is 72.3 Å². The van der Waals surface area contributed by atoms with E-state index in [9.17, 15) is 19.1 Å². The van der Waals surface area contributed by atoms with Gasteiger partial charge in [0.25, 0.3) is 5.91 Å². The summed E-state index contributed by atoms with van der Waals surface area (Å²) in [6.45, 7) is 5.75. The topological polar surface area (TPSA) is 70.1 Å². The van der Waals surface area contributed by atoms with Gasteiger partial charge in [0.15, 0.2) is 6.61 Å². The second-order valence-electron chi connectivity index (χ2n) is 7.53. The van der Waals surface area contributed by atoms with Gasteiger partial charge >= 0.3 is 5.97 Å². The number of amides is 1. The molecule has 1 saturated heterocycles. The molecule has 2 aromatic rings. The van der Waals surface area contributed by atoms with Crippen molar-refractivity contribution in [1.29, 1.82) is 0 Å². The summed E-state index contributed by atoms with van der Waals surface area (Å²) in [6, 6.07) is 11.4. The highest BCUT2D eigenvalue weighted by Gasteiger charge is 2.32. The van der Waals surface area contributed by atoms with Crippen LogP contribution in [0.2, 0.25) is 0 Å². The van der Waals surface area contributed by atoms with E-state index in [0.29, 0.717) is 19.6 Å². The first-order valence-electron chi connectivity index (χ1n) is 9.68. The SMILES string of the molecule is CC1CN(C(=O)COc2ccc(I)cc2C(=O)O)C(C)CN1Cc1ccc(F)cc1. The highest BCUT2D eigenvalue weighted by Crippen LogP contribution is 2.23. The van der Waals surface area contributed by atoms with E-state index in [1.165, 1.54) is 18.2 Å². The first-order valence-corrected chi connectivity index (χ1v) is 10.8. The van der Waals surface area contributed by atoms with Crippen molar-refractivity contribution in [2.24, 2.45) is 0 Å². The van der Waals surface area contributed by atoms with Gasteiger partial charge in [-0.15, -0.1) is 0 Å². The fourth-order valence-corrected chi connectivity index (χ4v) is 4.10. The number of carboxylic acid groups (broad SMARTS) is 1. The number of carboxylic acids is 1. The zero-order valence-corrected chi connectivity index (χ0v) is 19.0. The number of piperazine rings is 1. The summed E-state index contributed by atoms with van der Waals surface area (Å²) in [5, 5.41) is 9.34. The van der Waals surface area contributed by atoms with Gasteiger partial charge < -0.3 is 14.7 Å². The first-order chi connectivity index (χ1) is 14.2. The number of hydrogen-bond donors (Lipinski definition) is 1. The Balaban J connectivity index is 1.60. The lowest BCUT2D eigenvalue weighted by molar-refractivity contribution is -0.139. The lowest BCUT2D eigenvalue weighted by Gasteiger charge is -2.44. The van der Waals surface area contributed by atoms with Crippen LogP contribution in [0.3, 0.4) is 0 Å². The van der Waals surface area contributed by atoms with Crippen molar-refractivity contribution in [3.63, 3.8) is 0 Å². The van der Waals surface area contributed by atoms with Crippen LogP contribution in [0.15, 0.2) is 42.5 Å². The number of halogens is 2. The molecule has 3 rings (SSSR count). The molecule has 1 heterocycles.